The average molecular weight is 249 g/mol. The Morgan fingerprint density at radius 2 is 2.17 bits per heavy atom. The molecule has 0 atom stereocenters. The van der Waals surface area contributed by atoms with E-state index in [0.717, 1.165) is 0 Å². The van der Waals surface area contributed by atoms with E-state index in [2.05, 4.69) is 10.3 Å². The monoisotopic (exact) mass is 249 g/mol. The van der Waals surface area contributed by atoms with Crippen LogP contribution in [0.25, 0.3) is 0 Å². The topological polar surface area (TPSA) is 101 Å². The molecule has 94 valence electrons. The van der Waals surface area contributed by atoms with Crippen LogP contribution in [-0.4, -0.2) is 15.0 Å². The van der Waals surface area contributed by atoms with Gasteiger partial charge in [0.1, 0.15) is 30.0 Å². The summed E-state index contributed by atoms with van der Waals surface area (Å²) in [6, 6.07) is 4.87. The molecule has 2 rings (SSSR count). The van der Waals surface area contributed by atoms with Crippen LogP contribution < -0.4 is 5.32 Å². The Balaban J connectivity index is 2.08. The van der Waals surface area contributed by atoms with E-state index in [1.54, 1.807) is 12.1 Å². The highest BCUT2D eigenvalue weighted by molar-refractivity contribution is 5.59. The summed E-state index contributed by atoms with van der Waals surface area (Å²) < 4.78 is 5.26. The molecule has 0 amide bonds. The molecular formula is C11H11N3O4. The molecule has 0 fully saturated rings. The second kappa shape index (κ2) is 5.28. The van der Waals surface area contributed by atoms with Gasteiger partial charge in [-0.3, -0.25) is 15.1 Å². The molecule has 0 aliphatic heterocycles. The van der Waals surface area contributed by atoms with Crippen LogP contribution in [0.3, 0.4) is 0 Å². The van der Waals surface area contributed by atoms with E-state index in [-0.39, 0.29) is 12.3 Å². The summed E-state index contributed by atoms with van der Waals surface area (Å²) in [5.74, 6) is 1.04. The van der Waals surface area contributed by atoms with E-state index >= 15 is 0 Å². The van der Waals surface area contributed by atoms with Gasteiger partial charge in [0, 0.05) is 6.20 Å². The van der Waals surface area contributed by atoms with Gasteiger partial charge < -0.3 is 14.8 Å². The Bertz CT molecular complexity index is 553. The van der Waals surface area contributed by atoms with Crippen LogP contribution in [0.2, 0.25) is 0 Å². The van der Waals surface area contributed by atoms with Crippen LogP contribution in [0.15, 0.2) is 35.0 Å². The largest absolute Gasteiger partial charge is 0.462 e. The van der Waals surface area contributed by atoms with Gasteiger partial charge >= 0.3 is 5.69 Å². The van der Waals surface area contributed by atoms with Crippen molar-refractivity contribution in [2.75, 3.05) is 5.32 Å². The summed E-state index contributed by atoms with van der Waals surface area (Å²) in [5, 5.41) is 22.5. The molecule has 0 radical (unpaired) electrons. The number of rotatable bonds is 5. The van der Waals surface area contributed by atoms with Gasteiger partial charge in [-0.2, -0.15) is 0 Å². The van der Waals surface area contributed by atoms with Crippen molar-refractivity contribution in [2.24, 2.45) is 0 Å². The van der Waals surface area contributed by atoms with Gasteiger partial charge in [0.2, 0.25) is 0 Å². The van der Waals surface area contributed by atoms with E-state index in [9.17, 15) is 10.1 Å². The molecule has 0 unspecified atom stereocenters. The Labute approximate surface area is 102 Å². The number of aliphatic hydroxyl groups excluding tert-OH is 1. The first-order valence-electron chi connectivity index (χ1n) is 5.21. The first-order chi connectivity index (χ1) is 8.70. The van der Waals surface area contributed by atoms with Crippen molar-refractivity contribution in [3.8, 4) is 0 Å². The van der Waals surface area contributed by atoms with Gasteiger partial charge in [0.05, 0.1) is 11.5 Å². The highest BCUT2D eigenvalue weighted by atomic mass is 16.6. The molecule has 2 heterocycles. The maximum absolute atomic E-state index is 10.8. The normalized spacial score (nSPS) is 10.3. The zero-order valence-electron chi connectivity index (χ0n) is 9.37. The van der Waals surface area contributed by atoms with Crippen molar-refractivity contribution in [3.05, 3.63) is 52.2 Å². The smallest absolute Gasteiger partial charge is 0.310 e. The van der Waals surface area contributed by atoms with Gasteiger partial charge in [-0.05, 0) is 18.2 Å². The third-order valence-electron chi connectivity index (χ3n) is 2.32. The molecule has 0 aliphatic rings. The van der Waals surface area contributed by atoms with E-state index in [1.807, 2.05) is 0 Å². The highest BCUT2D eigenvalue weighted by Crippen LogP contribution is 2.22. The molecular weight excluding hydrogens is 238 g/mol. The molecule has 0 spiro atoms. The predicted molar refractivity (Wildman–Crippen MR) is 62.8 cm³/mol. The van der Waals surface area contributed by atoms with Gasteiger partial charge in [0.15, 0.2) is 0 Å². The quantitative estimate of drug-likeness (QED) is 0.617. The minimum Gasteiger partial charge on any atom is -0.462 e. The van der Waals surface area contributed by atoms with Gasteiger partial charge in [-0.25, -0.2) is 0 Å². The number of aliphatic hydroxyl groups is 1. The molecule has 0 aromatic carbocycles. The lowest BCUT2D eigenvalue weighted by Crippen LogP contribution is -2.02. The molecule has 0 saturated heterocycles. The Morgan fingerprint density at radius 1 is 1.39 bits per heavy atom. The molecule has 0 saturated carbocycles. The molecule has 2 aromatic rings. The zero-order valence-corrected chi connectivity index (χ0v) is 9.37. The Morgan fingerprint density at radius 3 is 2.83 bits per heavy atom. The van der Waals surface area contributed by atoms with E-state index in [1.165, 1.54) is 18.5 Å². The summed E-state index contributed by atoms with van der Waals surface area (Å²) in [4.78, 5) is 14.0. The fourth-order valence-corrected chi connectivity index (χ4v) is 1.47. The molecule has 2 N–H and O–H groups in total. The number of nitrogens with zero attached hydrogens (tertiary/aromatic N) is 2. The summed E-state index contributed by atoms with van der Waals surface area (Å²) >= 11 is 0. The van der Waals surface area contributed by atoms with Gasteiger partial charge in [-0.1, -0.05) is 0 Å². The Kier molecular flexibility index (Phi) is 3.54. The summed E-state index contributed by atoms with van der Waals surface area (Å²) in [5.41, 5.74) is 0.281. The Hall–Kier alpha value is -2.41. The van der Waals surface area contributed by atoms with Crippen LogP contribution in [0.5, 0.6) is 0 Å². The number of anilines is 1. The minimum atomic E-state index is -0.503. The molecule has 7 heteroatoms. The first-order valence-corrected chi connectivity index (χ1v) is 5.21. The number of hydrogen-bond acceptors (Lipinski definition) is 6. The number of hydrogen-bond donors (Lipinski definition) is 2. The van der Waals surface area contributed by atoms with Gasteiger partial charge in [0.25, 0.3) is 0 Å². The molecule has 2 aromatic heterocycles. The third-order valence-corrected chi connectivity index (χ3v) is 2.32. The SMILES string of the molecule is O=[N+]([O-])c1cnccc1NCc1ccc(CO)o1. The predicted octanol–water partition coefficient (Wildman–Crippen LogP) is 1.69. The van der Waals surface area contributed by atoms with Crippen LogP contribution in [0.1, 0.15) is 11.5 Å². The number of nitro groups is 1. The zero-order chi connectivity index (χ0) is 13.0. The number of pyridine rings is 1. The van der Waals surface area contributed by atoms with Crippen molar-refractivity contribution >= 4 is 11.4 Å². The third kappa shape index (κ3) is 2.64. The maximum Gasteiger partial charge on any atom is 0.310 e. The molecule has 0 bridgehead atoms. The highest BCUT2D eigenvalue weighted by Gasteiger charge is 2.13. The molecule has 0 aliphatic carbocycles. The lowest BCUT2D eigenvalue weighted by atomic mass is 10.3. The molecule has 7 nitrogen and oxygen atoms in total. The van der Waals surface area contributed by atoms with Crippen LogP contribution in [-0.2, 0) is 13.2 Å². The second-order valence-electron chi connectivity index (χ2n) is 3.53. The fraction of sp³-hybridized carbons (Fsp3) is 0.182. The van der Waals surface area contributed by atoms with Crippen LogP contribution in [0, 0.1) is 10.1 Å². The summed E-state index contributed by atoms with van der Waals surface area (Å²) in [6.45, 7) is 0.125. The van der Waals surface area contributed by atoms with Crippen LogP contribution in [0.4, 0.5) is 11.4 Å². The maximum atomic E-state index is 10.8. The minimum absolute atomic E-state index is 0.0913. The van der Waals surface area contributed by atoms with Gasteiger partial charge in [-0.15, -0.1) is 0 Å². The van der Waals surface area contributed by atoms with Crippen molar-refractivity contribution in [1.82, 2.24) is 4.98 Å². The number of furan rings is 1. The fourth-order valence-electron chi connectivity index (χ4n) is 1.47. The van der Waals surface area contributed by atoms with Crippen molar-refractivity contribution in [3.63, 3.8) is 0 Å². The van der Waals surface area contributed by atoms with Crippen LogP contribution >= 0.6 is 0 Å². The van der Waals surface area contributed by atoms with E-state index in [0.29, 0.717) is 23.8 Å². The van der Waals surface area contributed by atoms with E-state index < -0.39 is 4.92 Å². The average Bonchev–Trinajstić information content (AvgIpc) is 2.84. The van der Waals surface area contributed by atoms with Crippen molar-refractivity contribution in [2.45, 2.75) is 13.2 Å². The standard InChI is InChI=1S/C11H11N3O4/c15-7-9-2-1-8(18-9)5-13-10-3-4-12-6-11(10)14(16)17/h1-4,6,15H,5,7H2,(H,12,13). The first kappa shape index (κ1) is 12.1. The molecule has 18 heavy (non-hydrogen) atoms. The number of nitrogens with one attached hydrogen (secondary N) is 1. The summed E-state index contributed by atoms with van der Waals surface area (Å²) in [7, 11) is 0. The summed E-state index contributed by atoms with van der Waals surface area (Å²) in [6.07, 6.45) is 2.65. The van der Waals surface area contributed by atoms with Crippen molar-refractivity contribution in [1.29, 1.82) is 0 Å². The lowest BCUT2D eigenvalue weighted by molar-refractivity contribution is -0.384. The van der Waals surface area contributed by atoms with Crippen molar-refractivity contribution < 1.29 is 14.4 Å². The van der Waals surface area contributed by atoms with E-state index in [4.69, 9.17) is 9.52 Å². The lowest BCUT2D eigenvalue weighted by Gasteiger charge is -2.04. The number of aromatic nitrogens is 1. The second-order valence-corrected chi connectivity index (χ2v) is 3.53.